The van der Waals surface area contributed by atoms with Gasteiger partial charge in [-0.25, -0.2) is 0 Å². The van der Waals surface area contributed by atoms with Gasteiger partial charge in [-0.05, 0) is 52.8 Å². The Bertz CT molecular complexity index is 461. The van der Waals surface area contributed by atoms with E-state index in [1.807, 2.05) is 6.20 Å². The fraction of sp³-hybridized carbons (Fsp3) is 0.182. The average molecular weight is 299 g/mol. The third-order valence-corrected chi connectivity index (χ3v) is 2.93. The summed E-state index contributed by atoms with van der Waals surface area (Å²) in [4.78, 5) is 13.5. The van der Waals surface area contributed by atoms with E-state index < -0.39 is 0 Å². The van der Waals surface area contributed by atoms with Gasteiger partial charge in [-0.2, -0.15) is 0 Å². The minimum Gasteiger partial charge on any atom is -0.361 e. The second-order valence-corrected chi connectivity index (χ2v) is 4.45. The number of nitrogens with one attached hydrogen (secondary N) is 1. The third-order valence-electron chi connectivity index (χ3n) is 2.26. The molecule has 0 aliphatic heterocycles. The van der Waals surface area contributed by atoms with Crippen molar-refractivity contribution in [2.45, 2.75) is 12.8 Å². The van der Waals surface area contributed by atoms with E-state index in [0.29, 0.717) is 6.42 Å². The molecule has 3 heteroatoms. The Balaban J connectivity index is 2.44. The average Bonchev–Trinajstić information content (AvgIpc) is 2.57. The highest BCUT2D eigenvalue weighted by Gasteiger charge is 2.03. The second-order valence-electron chi connectivity index (χ2n) is 3.21. The maximum atomic E-state index is 10.3. The summed E-state index contributed by atoms with van der Waals surface area (Å²) in [5.74, 6) is 0. The van der Waals surface area contributed by atoms with Crippen LogP contribution in [0, 0.1) is 3.57 Å². The minimum atomic E-state index is 0.596. The molecule has 2 nitrogen and oxygen atoms in total. The number of aromatic amines is 1. The Morgan fingerprint density at radius 3 is 3.07 bits per heavy atom. The van der Waals surface area contributed by atoms with Gasteiger partial charge in [0.2, 0.25) is 0 Å². The molecule has 1 N–H and O–H groups in total. The predicted molar refractivity (Wildman–Crippen MR) is 65.4 cm³/mol. The number of hydrogen-bond acceptors (Lipinski definition) is 1. The van der Waals surface area contributed by atoms with Crippen molar-refractivity contribution in [2.24, 2.45) is 0 Å². The zero-order chi connectivity index (χ0) is 9.97. The van der Waals surface area contributed by atoms with E-state index in [9.17, 15) is 4.79 Å². The zero-order valence-electron chi connectivity index (χ0n) is 7.59. The SMILES string of the molecule is O=CCCc1c[nH]c2ccc(I)cc12. The quantitative estimate of drug-likeness (QED) is 0.686. The summed E-state index contributed by atoms with van der Waals surface area (Å²) in [6.45, 7) is 0. The minimum absolute atomic E-state index is 0.596. The van der Waals surface area contributed by atoms with Crippen LogP contribution < -0.4 is 0 Å². The lowest BCUT2D eigenvalue weighted by atomic mass is 10.1. The molecule has 0 unspecified atom stereocenters. The molecular weight excluding hydrogens is 289 g/mol. The number of carbonyl (C=O) groups excluding carboxylic acids is 1. The summed E-state index contributed by atoms with van der Waals surface area (Å²) < 4.78 is 1.22. The van der Waals surface area contributed by atoms with Crippen LogP contribution in [0.2, 0.25) is 0 Å². The molecule has 0 radical (unpaired) electrons. The van der Waals surface area contributed by atoms with Gasteiger partial charge >= 0.3 is 0 Å². The molecule has 1 aromatic carbocycles. The molecule has 1 aromatic heterocycles. The van der Waals surface area contributed by atoms with Crippen molar-refractivity contribution < 1.29 is 4.79 Å². The molecule has 0 saturated heterocycles. The third kappa shape index (κ3) is 1.82. The summed E-state index contributed by atoms with van der Waals surface area (Å²) in [5.41, 5.74) is 2.37. The van der Waals surface area contributed by atoms with Crippen molar-refractivity contribution in [1.29, 1.82) is 0 Å². The summed E-state index contributed by atoms with van der Waals surface area (Å²) >= 11 is 2.30. The van der Waals surface area contributed by atoms with Crippen molar-refractivity contribution in [3.63, 3.8) is 0 Å². The standard InChI is InChI=1S/C11H10INO/c12-9-3-4-11-10(6-9)8(7-13-11)2-1-5-14/h3-7,13H,1-2H2. The first-order chi connectivity index (χ1) is 6.81. The van der Waals surface area contributed by atoms with Crippen LogP contribution in [-0.2, 0) is 11.2 Å². The van der Waals surface area contributed by atoms with Crippen molar-refractivity contribution in [1.82, 2.24) is 4.98 Å². The van der Waals surface area contributed by atoms with Gasteiger partial charge in [-0.1, -0.05) is 0 Å². The molecule has 72 valence electrons. The van der Waals surface area contributed by atoms with Crippen LogP contribution in [0.5, 0.6) is 0 Å². The van der Waals surface area contributed by atoms with Gasteiger partial charge in [0.15, 0.2) is 0 Å². The molecule has 0 spiro atoms. The lowest BCUT2D eigenvalue weighted by molar-refractivity contribution is -0.107. The summed E-state index contributed by atoms with van der Waals surface area (Å²) in [5, 5.41) is 1.23. The molecule has 2 rings (SSSR count). The molecule has 2 aromatic rings. The normalized spacial score (nSPS) is 10.6. The predicted octanol–water partition coefficient (Wildman–Crippen LogP) is 2.90. The fourth-order valence-corrected chi connectivity index (χ4v) is 2.06. The summed E-state index contributed by atoms with van der Waals surface area (Å²) in [6.07, 6.45) is 4.37. The molecule has 0 bridgehead atoms. The number of benzene rings is 1. The van der Waals surface area contributed by atoms with Gasteiger partial charge in [0.25, 0.3) is 0 Å². The van der Waals surface area contributed by atoms with Crippen LogP contribution in [0.1, 0.15) is 12.0 Å². The summed E-state index contributed by atoms with van der Waals surface area (Å²) in [6, 6.07) is 6.29. The van der Waals surface area contributed by atoms with Gasteiger partial charge in [0.05, 0.1) is 0 Å². The van der Waals surface area contributed by atoms with E-state index in [4.69, 9.17) is 0 Å². The van der Waals surface area contributed by atoms with E-state index in [1.54, 1.807) is 0 Å². The van der Waals surface area contributed by atoms with E-state index in [-0.39, 0.29) is 0 Å². The van der Waals surface area contributed by atoms with E-state index >= 15 is 0 Å². The number of carbonyl (C=O) groups is 1. The number of fused-ring (bicyclic) bond motifs is 1. The molecule has 0 aliphatic rings. The molecule has 0 saturated carbocycles. The highest BCUT2D eigenvalue weighted by atomic mass is 127. The van der Waals surface area contributed by atoms with Crippen molar-refractivity contribution in [2.75, 3.05) is 0 Å². The van der Waals surface area contributed by atoms with E-state index in [1.165, 1.54) is 14.5 Å². The number of halogens is 1. The Morgan fingerprint density at radius 2 is 2.29 bits per heavy atom. The van der Waals surface area contributed by atoms with Gasteiger partial charge in [-0.15, -0.1) is 0 Å². The van der Waals surface area contributed by atoms with Gasteiger partial charge < -0.3 is 9.78 Å². The highest BCUT2D eigenvalue weighted by molar-refractivity contribution is 14.1. The van der Waals surface area contributed by atoms with Crippen LogP contribution in [0.4, 0.5) is 0 Å². The molecule has 0 atom stereocenters. The zero-order valence-corrected chi connectivity index (χ0v) is 9.74. The molecule has 0 amide bonds. The van der Waals surface area contributed by atoms with Crippen LogP contribution >= 0.6 is 22.6 Å². The highest BCUT2D eigenvalue weighted by Crippen LogP contribution is 2.21. The number of hydrogen-bond donors (Lipinski definition) is 1. The number of aromatic nitrogens is 1. The molecule has 0 aliphatic carbocycles. The first-order valence-electron chi connectivity index (χ1n) is 4.50. The Hall–Kier alpha value is -0.840. The number of aldehydes is 1. The first-order valence-corrected chi connectivity index (χ1v) is 5.58. The van der Waals surface area contributed by atoms with Crippen molar-refractivity contribution >= 4 is 39.8 Å². The van der Waals surface area contributed by atoms with Gasteiger partial charge in [-0.3, -0.25) is 0 Å². The molecule has 1 heterocycles. The maximum absolute atomic E-state index is 10.3. The van der Waals surface area contributed by atoms with E-state index in [2.05, 4.69) is 45.8 Å². The Labute approximate surface area is 95.8 Å². The summed E-state index contributed by atoms with van der Waals surface area (Å²) in [7, 11) is 0. The van der Waals surface area contributed by atoms with Crippen LogP contribution in [0.15, 0.2) is 24.4 Å². The largest absolute Gasteiger partial charge is 0.361 e. The monoisotopic (exact) mass is 299 g/mol. The second kappa shape index (κ2) is 4.13. The van der Waals surface area contributed by atoms with Gasteiger partial charge in [0, 0.05) is 27.1 Å². The van der Waals surface area contributed by atoms with Crippen LogP contribution in [0.3, 0.4) is 0 Å². The number of rotatable bonds is 3. The van der Waals surface area contributed by atoms with Crippen molar-refractivity contribution in [3.8, 4) is 0 Å². The van der Waals surface area contributed by atoms with Gasteiger partial charge in [0.1, 0.15) is 6.29 Å². The first kappa shape index (κ1) is 9.71. The van der Waals surface area contributed by atoms with Crippen LogP contribution in [0.25, 0.3) is 10.9 Å². The topological polar surface area (TPSA) is 32.9 Å². The number of H-pyrrole nitrogens is 1. The Morgan fingerprint density at radius 1 is 1.43 bits per heavy atom. The van der Waals surface area contributed by atoms with Crippen molar-refractivity contribution in [3.05, 3.63) is 33.5 Å². The molecular formula is C11H10INO. The smallest absolute Gasteiger partial charge is 0.120 e. The fourth-order valence-electron chi connectivity index (χ4n) is 1.57. The lowest BCUT2D eigenvalue weighted by Gasteiger charge is -1.95. The van der Waals surface area contributed by atoms with Crippen LogP contribution in [-0.4, -0.2) is 11.3 Å². The number of aryl methyl sites for hydroxylation is 1. The maximum Gasteiger partial charge on any atom is 0.120 e. The lowest BCUT2D eigenvalue weighted by Crippen LogP contribution is -1.83. The van der Waals surface area contributed by atoms with E-state index in [0.717, 1.165) is 18.2 Å². The Kier molecular flexibility index (Phi) is 2.86. The molecule has 14 heavy (non-hydrogen) atoms. The molecule has 0 fully saturated rings.